The van der Waals surface area contributed by atoms with E-state index in [-0.39, 0.29) is 11.8 Å². The van der Waals surface area contributed by atoms with Crippen molar-refractivity contribution in [3.05, 3.63) is 23.8 Å². The highest BCUT2D eigenvalue weighted by atomic mass is 16.5. The fourth-order valence-electron chi connectivity index (χ4n) is 2.07. The number of guanidine groups is 1. The maximum Gasteiger partial charge on any atom is 0.191 e. The third-order valence-electron chi connectivity index (χ3n) is 3.10. The summed E-state index contributed by atoms with van der Waals surface area (Å²) in [5.74, 6) is 1.42. The van der Waals surface area contributed by atoms with Crippen molar-refractivity contribution in [2.24, 2.45) is 4.99 Å². The van der Waals surface area contributed by atoms with Gasteiger partial charge in [-0.1, -0.05) is 12.1 Å². The molecule has 0 spiro atoms. The molecule has 0 saturated heterocycles. The van der Waals surface area contributed by atoms with Crippen LogP contribution in [0, 0.1) is 0 Å². The van der Waals surface area contributed by atoms with Gasteiger partial charge in [-0.15, -0.1) is 0 Å². The second-order valence-electron chi connectivity index (χ2n) is 4.98. The third kappa shape index (κ3) is 5.81. The van der Waals surface area contributed by atoms with Gasteiger partial charge < -0.3 is 25.2 Å². The van der Waals surface area contributed by atoms with Crippen molar-refractivity contribution in [2.45, 2.75) is 26.3 Å². The zero-order valence-corrected chi connectivity index (χ0v) is 13.8. The number of ether oxygens (including phenoxy) is 2. The molecule has 1 rings (SSSR count). The number of aliphatic imine (C=N–C) groups is 1. The molecular weight excluding hydrogens is 282 g/mol. The SMILES string of the molecule is CCNC(=NCCc1cccc(OC)c1O)NC(C)COC. The summed E-state index contributed by atoms with van der Waals surface area (Å²) in [6, 6.07) is 5.65. The molecule has 6 nitrogen and oxygen atoms in total. The molecule has 0 saturated carbocycles. The van der Waals surface area contributed by atoms with Crippen molar-refractivity contribution in [2.75, 3.05) is 33.9 Å². The molecule has 1 aromatic carbocycles. The van der Waals surface area contributed by atoms with Gasteiger partial charge in [-0.3, -0.25) is 4.99 Å². The maximum atomic E-state index is 10.1. The molecule has 0 heterocycles. The van der Waals surface area contributed by atoms with E-state index in [4.69, 9.17) is 9.47 Å². The zero-order valence-electron chi connectivity index (χ0n) is 13.8. The minimum absolute atomic E-state index is 0.174. The lowest BCUT2D eigenvalue weighted by Crippen LogP contribution is -2.44. The van der Waals surface area contributed by atoms with Crippen molar-refractivity contribution in [3.8, 4) is 11.5 Å². The van der Waals surface area contributed by atoms with Crippen LogP contribution >= 0.6 is 0 Å². The summed E-state index contributed by atoms with van der Waals surface area (Å²) in [7, 11) is 3.22. The molecule has 6 heteroatoms. The van der Waals surface area contributed by atoms with Gasteiger partial charge in [-0.05, 0) is 31.9 Å². The fourth-order valence-corrected chi connectivity index (χ4v) is 2.07. The molecule has 1 unspecified atom stereocenters. The minimum Gasteiger partial charge on any atom is -0.504 e. The largest absolute Gasteiger partial charge is 0.504 e. The van der Waals surface area contributed by atoms with Crippen LogP contribution in [-0.4, -0.2) is 51.0 Å². The zero-order chi connectivity index (χ0) is 16.4. The molecule has 0 bridgehead atoms. The number of nitrogens with one attached hydrogen (secondary N) is 2. The Morgan fingerprint density at radius 3 is 2.77 bits per heavy atom. The van der Waals surface area contributed by atoms with Crippen molar-refractivity contribution in [1.82, 2.24) is 10.6 Å². The summed E-state index contributed by atoms with van der Waals surface area (Å²) in [4.78, 5) is 4.51. The number of rotatable bonds is 8. The molecule has 0 aliphatic rings. The second kappa shape index (κ2) is 9.89. The Labute approximate surface area is 132 Å². The van der Waals surface area contributed by atoms with Gasteiger partial charge in [-0.2, -0.15) is 0 Å². The number of benzene rings is 1. The number of hydrogen-bond acceptors (Lipinski definition) is 4. The summed E-state index contributed by atoms with van der Waals surface area (Å²) in [5, 5.41) is 16.5. The van der Waals surface area contributed by atoms with E-state index >= 15 is 0 Å². The number of phenols is 1. The summed E-state index contributed by atoms with van der Waals surface area (Å²) < 4.78 is 10.2. The first-order valence-electron chi connectivity index (χ1n) is 7.51. The van der Waals surface area contributed by atoms with Crippen LogP contribution in [-0.2, 0) is 11.2 Å². The van der Waals surface area contributed by atoms with Gasteiger partial charge in [-0.25, -0.2) is 0 Å². The predicted molar refractivity (Wildman–Crippen MR) is 88.8 cm³/mol. The Bertz CT molecular complexity index is 478. The van der Waals surface area contributed by atoms with Crippen molar-refractivity contribution in [3.63, 3.8) is 0 Å². The molecule has 22 heavy (non-hydrogen) atoms. The summed E-state index contributed by atoms with van der Waals surface area (Å²) in [6.07, 6.45) is 0.637. The Morgan fingerprint density at radius 2 is 2.14 bits per heavy atom. The first kappa shape index (κ1) is 18.1. The number of methoxy groups -OCH3 is 2. The molecule has 124 valence electrons. The molecule has 1 aromatic rings. The number of aromatic hydroxyl groups is 1. The number of para-hydroxylation sites is 1. The van der Waals surface area contributed by atoms with Crippen LogP contribution in [0.15, 0.2) is 23.2 Å². The van der Waals surface area contributed by atoms with Crippen LogP contribution in [0.4, 0.5) is 0 Å². The molecule has 0 fully saturated rings. The molecule has 3 N–H and O–H groups in total. The summed E-state index contributed by atoms with van der Waals surface area (Å²) in [6.45, 7) is 6.02. The summed E-state index contributed by atoms with van der Waals surface area (Å²) >= 11 is 0. The van der Waals surface area contributed by atoms with Crippen LogP contribution < -0.4 is 15.4 Å². The molecule has 0 aromatic heterocycles. The first-order chi connectivity index (χ1) is 10.6. The van der Waals surface area contributed by atoms with Gasteiger partial charge in [0.05, 0.1) is 13.7 Å². The highest BCUT2D eigenvalue weighted by Crippen LogP contribution is 2.29. The van der Waals surface area contributed by atoms with Crippen LogP contribution in [0.25, 0.3) is 0 Å². The van der Waals surface area contributed by atoms with E-state index in [0.717, 1.165) is 18.1 Å². The van der Waals surface area contributed by atoms with Crippen LogP contribution in [0.1, 0.15) is 19.4 Å². The van der Waals surface area contributed by atoms with E-state index in [2.05, 4.69) is 15.6 Å². The van der Waals surface area contributed by atoms with Gasteiger partial charge >= 0.3 is 0 Å². The minimum atomic E-state index is 0.174. The van der Waals surface area contributed by atoms with Crippen LogP contribution in [0.3, 0.4) is 0 Å². The fraction of sp³-hybridized carbons (Fsp3) is 0.562. The second-order valence-corrected chi connectivity index (χ2v) is 4.98. The lowest BCUT2D eigenvalue weighted by atomic mass is 10.1. The highest BCUT2D eigenvalue weighted by molar-refractivity contribution is 5.80. The third-order valence-corrected chi connectivity index (χ3v) is 3.10. The highest BCUT2D eigenvalue weighted by Gasteiger charge is 2.07. The molecular formula is C16H27N3O3. The average molecular weight is 309 g/mol. The lowest BCUT2D eigenvalue weighted by molar-refractivity contribution is 0.179. The quantitative estimate of drug-likeness (QED) is 0.502. The van der Waals surface area contributed by atoms with Gasteiger partial charge in [0.25, 0.3) is 0 Å². The summed E-state index contributed by atoms with van der Waals surface area (Å²) in [5.41, 5.74) is 0.823. The van der Waals surface area contributed by atoms with Gasteiger partial charge in [0.1, 0.15) is 0 Å². The molecule has 0 radical (unpaired) electrons. The average Bonchev–Trinajstić information content (AvgIpc) is 2.49. The molecule has 0 aliphatic heterocycles. The molecule has 0 aliphatic carbocycles. The Balaban J connectivity index is 2.63. The Hall–Kier alpha value is -1.95. The van der Waals surface area contributed by atoms with E-state index in [1.165, 1.54) is 0 Å². The Morgan fingerprint density at radius 1 is 1.36 bits per heavy atom. The predicted octanol–water partition coefficient (Wildman–Crippen LogP) is 1.53. The van der Waals surface area contributed by atoms with Gasteiger partial charge in [0, 0.05) is 26.2 Å². The Kier molecular flexibility index (Phi) is 8.14. The first-order valence-corrected chi connectivity index (χ1v) is 7.51. The normalized spacial score (nSPS) is 12.8. The number of phenolic OH excluding ortho intramolecular Hbond substituents is 1. The van der Waals surface area contributed by atoms with Crippen molar-refractivity contribution >= 4 is 5.96 Å². The molecule has 1 atom stereocenters. The number of hydrogen-bond donors (Lipinski definition) is 3. The topological polar surface area (TPSA) is 75.1 Å². The smallest absolute Gasteiger partial charge is 0.191 e. The monoisotopic (exact) mass is 309 g/mol. The van der Waals surface area contributed by atoms with E-state index in [1.54, 1.807) is 20.3 Å². The van der Waals surface area contributed by atoms with Crippen LogP contribution in [0.2, 0.25) is 0 Å². The van der Waals surface area contributed by atoms with Gasteiger partial charge in [0.15, 0.2) is 17.5 Å². The maximum absolute atomic E-state index is 10.1. The van der Waals surface area contributed by atoms with Gasteiger partial charge in [0.2, 0.25) is 0 Å². The lowest BCUT2D eigenvalue weighted by Gasteiger charge is -2.17. The van der Waals surface area contributed by atoms with Crippen LogP contribution in [0.5, 0.6) is 11.5 Å². The van der Waals surface area contributed by atoms with E-state index in [9.17, 15) is 5.11 Å². The van der Waals surface area contributed by atoms with E-state index in [1.807, 2.05) is 26.0 Å². The van der Waals surface area contributed by atoms with Crippen molar-refractivity contribution < 1.29 is 14.6 Å². The van der Waals surface area contributed by atoms with Crippen molar-refractivity contribution in [1.29, 1.82) is 0 Å². The molecule has 0 amide bonds. The number of nitrogens with zero attached hydrogens (tertiary/aromatic N) is 1. The van der Waals surface area contributed by atoms with E-state index in [0.29, 0.717) is 25.3 Å². The van der Waals surface area contributed by atoms with E-state index < -0.39 is 0 Å². The standard InChI is InChI=1S/C16H27N3O3/c1-5-17-16(19-12(2)11-21-3)18-10-9-13-7-6-8-14(22-4)15(13)20/h6-8,12,20H,5,9-11H2,1-4H3,(H2,17,18,19).